The van der Waals surface area contributed by atoms with E-state index in [2.05, 4.69) is 20.6 Å². The fourth-order valence-electron chi connectivity index (χ4n) is 5.16. The van der Waals surface area contributed by atoms with E-state index < -0.39 is 5.54 Å². The van der Waals surface area contributed by atoms with E-state index >= 15 is 0 Å². The minimum Gasteiger partial charge on any atom is -0.351 e. The fraction of sp³-hybridized carbons (Fsp3) is 0.739. The van der Waals surface area contributed by atoms with Gasteiger partial charge in [0.25, 0.3) is 11.8 Å². The number of nitrogens with one attached hydrogen (secondary N) is 2. The van der Waals surface area contributed by atoms with Gasteiger partial charge >= 0.3 is 0 Å². The zero-order valence-corrected chi connectivity index (χ0v) is 19.4. The SMILES string of the molecule is CCCN1C(=O)c2cc(C(=O)NCCN3CCCC3)nn2CC1(C)C(=O)NC1CCCC1. The fourth-order valence-corrected chi connectivity index (χ4v) is 5.16. The molecule has 1 atom stereocenters. The van der Waals surface area contributed by atoms with Crippen LogP contribution in [0, 0.1) is 0 Å². The van der Waals surface area contributed by atoms with Gasteiger partial charge in [-0.2, -0.15) is 5.10 Å². The first-order valence-corrected chi connectivity index (χ1v) is 12.1. The highest BCUT2D eigenvalue weighted by Crippen LogP contribution is 2.29. The number of fused-ring (bicyclic) bond motifs is 1. The zero-order chi connectivity index (χ0) is 22.7. The Bertz CT molecular complexity index is 856. The molecule has 1 saturated heterocycles. The average Bonchev–Trinajstić information content (AvgIpc) is 3.53. The smallest absolute Gasteiger partial charge is 0.273 e. The maximum absolute atomic E-state index is 13.3. The first-order chi connectivity index (χ1) is 15.4. The van der Waals surface area contributed by atoms with Crippen molar-refractivity contribution in [1.29, 1.82) is 0 Å². The van der Waals surface area contributed by atoms with Crippen LogP contribution in [0.4, 0.5) is 0 Å². The number of carbonyl (C=O) groups excluding carboxylic acids is 3. The molecular formula is C23H36N6O3. The molecule has 3 heterocycles. The Labute approximate surface area is 189 Å². The average molecular weight is 445 g/mol. The number of hydrogen-bond donors (Lipinski definition) is 2. The molecule has 3 aliphatic rings. The molecule has 32 heavy (non-hydrogen) atoms. The standard InChI is InChI=1S/C23H36N6O3/c1-3-11-28-21(31)19-15-18(20(30)24-10-14-27-12-6-7-13-27)26-29(19)16-23(28,2)22(32)25-17-8-4-5-9-17/h15,17H,3-14,16H2,1-2H3,(H,24,30)(H,25,32). The largest absolute Gasteiger partial charge is 0.351 e. The summed E-state index contributed by atoms with van der Waals surface area (Å²) in [6, 6.07) is 1.74. The van der Waals surface area contributed by atoms with Crippen molar-refractivity contribution in [1.82, 2.24) is 30.2 Å². The highest BCUT2D eigenvalue weighted by atomic mass is 16.2. The molecule has 1 saturated carbocycles. The van der Waals surface area contributed by atoms with Crippen LogP contribution in [0.2, 0.25) is 0 Å². The first-order valence-electron chi connectivity index (χ1n) is 12.1. The number of amides is 3. The first kappa shape index (κ1) is 22.8. The van der Waals surface area contributed by atoms with Gasteiger partial charge in [-0.15, -0.1) is 0 Å². The van der Waals surface area contributed by atoms with Crippen molar-refractivity contribution in [2.75, 3.05) is 32.7 Å². The summed E-state index contributed by atoms with van der Waals surface area (Å²) in [7, 11) is 0. The maximum Gasteiger partial charge on any atom is 0.273 e. The molecule has 2 fully saturated rings. The molecule has 1 aromatic rings. The van der Waals surface area contributed by atoms with Crippen LogP contribution in [0.25, 0.3) is 0 Å². The summed E-state index contributed by atoms with van der Waals surface area (Å²) in [5.74, 6) is -0.659. The topological polar surface area (TPSA) is 99.6 Å². The van der Waals surface area contributed by atoms with Crippen molar-refractivity contribution < 1.29 is 14.4 Å². The Morgan fingerprint density at radius 3 is 2.56 bits per heavy atom. The van der Waals surface area contributed by atoms with Crippen LogP contribution in [-0.4, -0.2) is 81.6 Å². The lowest BCUT2D eigenvalue weighted by Gasteiger charge is -2.43. The van der Waals surface area contributed by atoms with Crippen LogP contribution < -0.4 is 10.6 Å². The summed E-state index contributed by atoms with van der Waals surface area (Å²) in [4.78, 5) is 43.3. The van der Waals surface area contributed by atoms with Gasteiger partial charge < -0.3 is 20.4 Å². The van der Waals surface area contributed by atoms with Crippen molar-refractivity contribution >= 4 is 17.7 Å². The second-order valence-corrected chi connectivity index (χ2v) is 9.56. The van der Waals surface area contributed by atoms with Gasteiger partial charge in [0, 0.05) is 31.7 Å². The van der Waals surface area contributed by atoms with E-state index in [-0.39, 0.29) is 36.0 Å². The van der Waals surface area contributed by atoms with Crippen molar-refractivity contribution in [2.24, 2.45) is 0 Å². The second-order valence-electron chi connectivity index (χ2n) is 9.56. The Balaban J connectivity index is 1.48. The molecule has 1 unspecified atom stereocenters. The molecule has 4 rings (SSSR count). The monoisotopic (exact) mass is 444 g/mol. The van der Waals surface area contributed by atoms with E-state index in [0.717, 1.165) is 51.7 Å². The highest BCUT2D eigenvalue weighted by molar-refractivity contribution is 6.01. The molecule has 2 N–H and O–H groups in total. The lowest BCUT2D eigenvalue weighted by Crippen LogP contribution is -2.65. The summed E-state index contributed by atoms with van der Waals surface area (Å²) in [5.41, 5.74) is -0.431. The van der Waals surface area contributed by atoms with Gasteiger partial charge in [-0.3, -0.25) is 19.1 Å². The minimum absolute atomic E-state index is 0.135. The van der Waals surface area contributed by atoms with Crippen molar-refractivity contribution in [3.05, 3.63) is 17.5 Å². The van der Waals surface area contributed by atoms with Crippen LogP contribution in [0.1, 0.15) is 79.8 Å². The number of likely N-dealkylation sites (tertiary alicyclic amines) is 1. The van der Waals surface area contributed by atoms with Crippen LogP contribution in [0.3, 0.4) is 0 Å². The molecule has 9 heteroatoms. The van der Waals surface area contributed by atoms with E-state index in [1.807, 2.05) is 13.8 Å². The van der Waals surface area contributed by atoms with Gasteiger partial charge in [0.2, 0.25) is 5.91 Å². The molecule has 3 amide bonds. The van der Waals surface area contributed by atoms with Crippen molar-refractivity contribution in [3.63, 3.8) is 0 Å². The van der Waals surface area contributed by atoms with E-state index in [0.29, 0.717) is 18.8 Å². The molecule has 9 nitrogen and oxygen atoms in total. The Morgan fingerprint density at radius 2 is 1.88 bits per heavy atom. The molecule has 1 aromatic heterocycles. The molecule has 0 aromatic carbocycles. The molecular weight excluding hydrogens is 408 g/mol. The molecule has 0 bridgehead atoms. The number of hydrogen-bond acceptors (Lipinski definition) is 5. The molecule has 0 spiro atoms. The van der Waals surface area contributed by atoms with E-state index in [4.69, 9.17) is 0 Å². The molecule has 2 aliphatic heterocycles. The Morgan fingerprint density at radius 1 is 1.16 bits per heavy atom. The third-order valence-corrected chi connectivity index (χ3v) is 7.07. The number of nitrogens with zero attached hydrogens (tertiary/aromatic N) is 4. The Kier molecular flexibility index (Phi) is 6.83. The summed E-state index contributed by atoms with van der Waals surface area (Å²) in [6.45, 7) is 8.07. The number of carbonyl (C=O) groups is 3. The van der Waals surface area contributed by atoms with Gasteiger partial charge in [0.05, 0.1) is 6.54 Å². The number of rotatable bonds is 8. The van der Waals surface area contributed by atoms with Gasteiger partial charge in [-0.25, -0.2) is 0 Å². The zero-order valence-electron chi connectivity index (χ0n) is 19.4. The minimum atomic E-state index is -1.03. The lowest BCUT2D eigenvalue weighted by molar-refractivity contribution is -0.133. The van der Waals surface area contributed by atoms with Crippen LogP contribution in [-0.2, 0) is 11.3 Å². The predicted molar refractivity (Wildman–Crippen MR) is 120 cm³/mol. The quantitative estimate of drug-likeness (QED) is 0.631. The van der Waals surface area contributed by atoms with Gasteiger partial charge in [0.15, 0.2) is 5.69 Å². The Hall–Kier alpha value is -2.42. The maximum atomic E-state index is 13.3. The number of aromatic nitrogens is 2. The van der Waals surface area contributed by atoms with Gasteiger partial charge in [-0.05, 0) is 52.1 Å². The molecule has 1 aliphatic carbocycles. The van der Waals surface area contributed by atoms with Gasteiger partial charge in [0.1, 0.15) is 11.2 Å². The summed E-state index contributed by atoms with van der Waals surface area (Å²) < 4.78 is 1.54. The summed E-state index contributed by atoms with van der Waals surface area (Å²) in [6.07, 6.45) is 7.39. The van der Waals surface area contributed by atoms with Crippen molar-refractivity contribution in [2.45, 2.75) is 76.9 Å². The predicted octanol–water partition coefficient (Wildman–Crippen LogP) is 1.39. The lowest BCUT2D eigenvalue weighted by atomic mass is 9.94. The molecule has 176 valence electrons. The third kappa shape index (κ3) is 4.53. The van der Waals surface area contributed by atoms with E-state index in [1.54, 1.807) is 11.0 Å². The highest BCUT2D eigenvalue weighted by Gasteiger charge is 2.48. The third-order valence-electron chi connectivity index (χ3n) is 7.07. The summed E-state index contributed by atoms with van der Waals surface area (Å²) >= 11 is 0. The summed E-state index contributed by atoms with van der Waals surface area (Å²) in [5, 5.41) is 10.5. The molecule has 0 radical (unpaired) electrons. The van der Waals surface area contributed by atoms with Crippen LogP contribution >= 0.6 is 0 Å². The van der Waals surface area contributed by atoms with E-state index in [1.165, 1.54) is 17.5 Å². The normalized spacial score (nSPS) is 24.1. The second kappa shape index (κ2) is 9.60. The van der Waals surface area contributed by atoms with E-state index in [9.17, 15) is 14.4 Å². The van der Waals surface area contributed by atoms with Crippen molar-refractivity contribution in [3.8, 4) is 0 Å². The van der Waals surface area contributed by atoms with Crippen LogP contribution in [0.5, 0.6) is 0 Å². The van der Waals surface area contributed by atoms with Gasteiger partial charge in [-0.1, -0.05) is 19.8 Å². The van der Waals surface area contributed by atoms with Crippen LogP contribution in [0.15, 0.2) is 6.07 Å².